The van der Waals surface area contributed by atoms with Crippen molar-refractivity contribution in [3.63, 3.8) is 0 Å². The van der Waals surface area contributed by atoms with E-state index in [9.17, 15) is 10.0 Å². The molecule has 0 amide bonds. The van der Waals surface area contributed by atoms with Gasteiger partial charge >= 0.3 is 7.12 Å². The second kappa shape index (κ2) is 5.62. The molecule has 0 radical (unpaired) electrons. The highest BCUT2D eigenvalue weighted by Crippen LogP contribution is 2.13. The largest absolute Gasteiger partial charge is 0.489 e. The second-order valence-corrected chi connectivity index (χ2v) is 4.10. The summed E-state index contributed by atoms with van der Waals surface area (Å²) in [5.41, 5.74) is 3.14. The van der Waals surface area contributed by atoms with Crippen molar-refractivity contribution in [1.82, 2.24) is 0 Å². The van der Waals surface area contributed by atoms with Crippen LogP contribution in [0.4, 0.5) is 5.69 Å². The molecule has 4 heteroatoms. The van der Waals surface area contributed by atoms with Crippen LogP contribution in [-0.4, -0.2) is 23.4 Å². The Morgan fingerprint density at radius 2 is 1.83 bits per heavy atom. The fourth-order valence-electron chi connectivity index (χ4n) is 1.72. The topological polar surface area (TPSA) is 52.8 Å². The summed E-state index contributed by atoms with van der Waals surface area (Å²) in [6.07, 6.45) is 1.64. The van der Waals surface area contributed by atoms with E-state index in [0.717, 1.165) is 11.3 Å². The van der Waals surface area contributed by atoms with Crippen LogP contribution in [0.15, 0.2) is 53.5 Å². The summed E-state index contributed by atoms with van der Waals surface area (Å²) in [5, 5.41) is 18.5. The third-order valence-corrected chi connectivity index (χ3v) is 2.63. The van der Waals surface area contributed by atoms with E-state index >= 15 is 0 Å². The Balaban J connectivity index is 2.29. The molecule has 0 unspecified atom stereocenters. The lowest BCUT2D eigenvalue weighted by atomic mass is 9.77. The summed E-state index contributed by atoms with van der Waals surface area (Å²) in [7, 11) is -1.48. The van der Waals surface area contributed by atoms with Crippen LogP contribution in [0.25, 0.3) is 0 Å². The molecule has 0 aromatic heterocycles. The van der Waals surface area contributed by atoms with E-state index in [2.05, 4.69) is 4.99 Å². The molecule has 0 saturated heterocycles. The zero-order valence-corrected chi connectivity index (χ0v) is 10.1. The number of aliphatic imine (C=N–C) groups is 1. The van der Waals surface area contributed by atoms with E-state index in [1.54, 1.807) is 24.4 Å². The molecule has 2 aromatic carbocycles. The summed E-state index contributed by atoms with van der Waals surface area (Å²) in [4.78, 5) is 4.33. The van der Waals surface area contributed by atoms with Crippen molar-refractivity contribution in [3.05, 3.63) is 59.7 Å². The molecule has 3 nitrogen and oxygen atoms in total. The molecule has 0 saturated carbocycles. The molecular formula is C14H14BNO2. The SMILES string of the molecule is Cc1cccc(N=Cc2ccccc2B(O)O)c1. The zero-order valence-electron chi connectivity index (χ0n) is 10.1. The summed E-state index contributed by atoms with van der Waals surface area (Å²) >= 11 is 0. The third kappa shape index (κ3) is 3.06. The van der Waals surface area contributed by atoms with Crippen molar-refractivity contribution >= 4 is 24.5 Å². The highest BCUT2D eigenvalue weighted by Gasteiger charge is 2.13. The van der Waals surface area contributed by atoms with Gasteiger partial charge in [0.25, 0.3) is 0 Å². The predicted octanol–water partition coefficient (Wildman–Crippen LogP) is 1.43. The Bertz CT molecular complexity index is 567. The van der Waals surface area contributed by atoms with Crippen LogP contribution in [0.5, 0.6) is 0 Å². The minimum atomic E-state index is -1.48. The quantitative estimate of drug-likeness (QED) is 0.628. The van der Waals surface area contributed by atoms with E-state index in [0.29, 0.717) is 11.0 Å². The van der Waals surface area contributed by atoms with Gasteiger partial charge in [-0.1, -0.05) is 36.4 Å². The van der Waals surface area contributed by atoms with Crippen LogP contribution in [0.1, 0.15) is 11.1 Å². The first-order valence-corrected chi connectivity index (χ1v) is 5.72. The maximum atomic E-state index is 9.24. The molecule has 0 aliphatic heterocycles. The highest BCUT2D eigenvalue weighted by atomic mass is 16.4. The first kappa shape index (κ1) is 12.5. The monoisotopic (exact) mass is 239 g/mol. The second-order valence-electron chi connectivity index (χ2n) is 4.10. The van der Waals surface area contributed by atoms with Crippen LogP contribution in [0.3, 0.4) is 0 Å². The Morgan fingerprint density at radius 1 is 1.06 bits per heavy atom. The van der Waals surface area contributed by atoms with Gasteiger partial charge < -0.3 is 10.0 Å². The van der Waals surface area contributed by atoms with Gasteiger partial charge in [-0.25, -0.2) is 0 Å². The van der Waals surface area contributed by atoms with Gasteiger partial charge in [0, 0.05) is 6.21 Å². The van der Waals surface area contributed by atoms with E-state index in [4.69, 9.17) is 0 Å². The number of benzene rings is 2. The average Bonchev–Trinajstić information content (AvgIpc) is 2.37. The molecule has 0 aliphatic rings. The van der Waals surface area contributed by atoms with Crippen molar-refractivity contribution in [2.24, 2.45) is 4.99 Å². The van der Waals surface area contributed by atoms with Gasteiger partial charge in [0.05, 0.1) is 5.69 Å². The molecule has 2 aromatic rings. The predicted molar refractivity (Wildman–Crippen MR) is 74.7 cm³/mol. The van der Waals surface area contributed by atoms with Crippen molar-refractivity contribution < 1.29 is 10.0 Å². The summed E-state index contributed by atoms with van der Waals surface area (Å²) in [6.45, 7) is 2.00. The molecular weight excluding hydrogens is 225 g/mol. The van der Waals surface area contributed by atoms with Crippen LogP contribution >= 0.6 is 0 Å². The maximum absolute atomic E-state index is 9.24. The maximum Gasteiger partial charge on any atom is 0.489 e. The van der Waals surface area contributed by atoms with Crippen LogP contribution in [-0.2, 0) is 0 Å². The summed E-state index contributed by atoms with van der Waals surface area (Å²) < 4.78 is 0. The van der Waals surface area contributed by atoms with E-state index in [1.165, 1.54) is 0 Å². The molecule has 0 atom stereocenters. The molecule has 0 spiro atoms. The zero-order chi connectivity index (χ0) is 13.0. The normalized spacial score (nSPS) is 10.8. The minimum absolute atomic E-state index is 0.453. The Hall–Kier alpha value is -1.91. The van der Waals surface area contributed by atoms with Crippen molar-refractivity contribution in [1.29, 1.82) is 0 Å². The van der Waals surface area contributed by atoms with Gasteiger partial charge in [0.15, 0.2) is 0 Å². The number of aryl methyl sites for hydroxylation is 1. The van der Waals surface area contributed by atoms with E-state index in [-0.39, 0.29) is 0 Å². The van der Waals surface area contributed by atoms with Crippen LogP contribution in [0.2, 0.25) is 0 Å². The van der Waals surface area contributed by atoms with E-state index in [1.807, 2.05) is 37.3 Å². The Labute approximate surface area is 107 Å². The van der Waals surface area contributed by atoms with Crippen LogP contribution < -0.4 is 5.46 Å². The van der Waals surface area contributed by atoms with Gasteiger partial charge in [0.1, 0.15) is 0 Å². The van der Waals surface area contributed by atoms with E-state index < -0.39 is 7.12 Å². The summed E-state index contributed by atoms with van der Waals surface area (Å²) in [6, 6.07) is 14.9. The van der Waals surface area contributed by atoms with Gasteiger partial charge in [-0.15, -0.1) is 0 Å². The molecule has 0 aliphatic carbocycles. The molecule has 2 N–H and O–H groups in total. The lowest BCUT2D eigenvalue weighted by Gasteiger charge is -2.03. The molecule has 0 bridgehead atoms. The Morgan fingerprint density at radius 3 is 2.56 bits per heavy atom. The van der Waals surface area contributed by atoms with Gasteiger partial charge in [-0.05, 0) is 35.6 Å². The number of hydrogen-bond donors (Lipinski definition) is 2. The van der Waals surface area contributed by atoms with Crippen molar-refractivity contribution in [2.75, 3.05) is 0 Å². The number of hydrogen-bond acceptors (Lipinski definition) is 3. The molecule has 90 valence electrons. The van der Waals surface area contributed by atoms with Gasteiger partial charge in [0.2, 0.25) is 0 Å². The Kier molecular flexibility index (Phi) is 3.92. The molecule has 2 rings (SSSR count). The van der Waals surface area contributed by atoms with Crippen molar-refractivity contribution in [2.45, 2.75) is 6.92 Å². The highest BCUT2D eigenvalue weighted by molar-refractivity contribution is 6.60. The molecule has 0 fully saturated rings. The third-order valence-electron chi connectivity index (χ3n) is 2.63. The smallest absolute Gasteiger partial charge is 0.423 e. The number of rotatable bonds is 3. The van der Waals surface area contributed by atoms with Crippen molar-refractivity contribution in [3.8, 4) is 0 Å². The summed E-state index contributed by atoms with van der Waals surface area (Å²) in [5.74, 6) is 0. The lowest BCUT2D eigenvalue weighted by Crippen LogP contribution is -2.32. The standard InChI is InChI=1S/C14H14BNO2/c1-11-5-4-7-13(9-11)16-10-12-6-2-3-8-14(12)15(17)18/h2-10,17-18H,1H3. The fraction of sp³-hybridized carbons (Fsp3) is 0.0714. The van der Waals surface area contributed by atoms with Gasteiger partial charge in [-0.2, -0.15) is 0 Å². The lowest BCUT2D eigenvalue weighted by molar-refractivity contribution is 0.425. The molecule has 18 heavy (non-hydrogen) atoms. The minimum Gasteiger partial charge on any atom is -0.423 e. The molecule has 0 heterocycles. The fourth-order valence-corrected chi connectivity index (χ4v) is 1.72. The first-order chi connectivity index (χ1) is 8.66. The van der Waals surface area contributed by atoms with Crippen LogP contribution in [0, 0.1) is 6.92 Å². The first-order valence-electron chi connectivity index (χ1n) is 5.72. The number of nitrogens with zero attached hydrogens (tertiary/aromatic N) is 1. The average molecular weight is 239 g/mol. The van der Waals surface area contributed by atoms with Gasteiger partial charge in [-0.3, -0.25) is 4.99 Å².